The van der Waals surface area contributed by atoms with Crippen molar-refractivity contribution < 1.29 is 24.2 Å². The lowest BCUT2D eigenvalue weighted by molar-refractivity contribution is -0.142. The number of amides is 2. The third kappa shape index (κ3) is 6.25. The molecule has 47 heavy (non-hydrogen) atoms. The van der Waals surface area contributed by atoms with Crippen LogP contribution in [0, 0.1) is 0 Å². The predicted octanol–water partition coefficient (Wildman–Crippen LogP) is 7.21. The first-order chi connectivity index (χ1) is 22.9. The monoisotopic (exact) mass is 624 g/mol. The van der Waals surface area contributed by atoms with Gasteiger partial charge in [-0.3, -0.25) is 9.69 Å². The number of carboxylic acid groups (broad SMARTS) is 1. The summed E-state index contributed by atoms with van der Waals surface area (Å²) in [6, 6.07) is 43.9. The molecule has 0 unspecified atom stereocenters. The topological polar surface area (TPSA) is 95.9 Å². The lowest BCUT2D eigenvalue weighted by Crippen LogP contribution is -2.50. The van der Waals surface area contributed by atoms with Crippen LogP contribution >= 0.6 is 0 Å². The van der Waals surface area contributed by atoms with Crippen molar-refractivity contribution >= 4 is 18.0 Å². The average molecular weight is 625 g/mol. The Morgan fingerprint density at radius 3 is 1.57 bits per heavy atom. The second kappa shape index (κ2) is 13.7. The molecule has 0 saturated heterocycles. The van der Waals surface area contributed by atoms with E-state index in [-0.39, 0.29) is 31.4 Å². The van der Waals surface area contributed by atoms with Gasteiger partial charge in [0.25, 0.3) is 0 Å². The van der Waals surface area contributed by atoms with Gasteiger partial charge in [0.2, 0.25) is 5.91 Å². The van der Waals surface area contributed by atoms with Crippen LogP contribution in [0.2, 0.25) is 0 Å². The van der Waals surface area contributed by atoms with Gasteiger partial charge >= 0.3 is 12.1 Å². The SMILES string of the molecule is C[C@@H](C(=O)O)N(CCC(=O)NC(c1ccccc1)(c1ccccc1)c1ccccc1)C(=O)OCC1c2ccccc2-c2ccccc21. The third-order valence-electron chi connectivity index (χ3n) is 8.92. The van der Waals surface area contributed by atoms with Crippen molar-refractivity contribution in [3.8, 4) is 11.1 Å². The minimum atomic E-state index is -1.21. The van der Waals surface area contributed by atoms with E-state index in [1.807, 2.05) is 140 Å². The van der Waals surface area contributed by atoms with Gasteiger partial charge in [0.1, 0.15) is 18.2 Å². The summed E-state index contributed by atoms with van der Waals surface area (Å²) >= 11 is 0. The zero-order valence-corrected chi connectivity index (χ0v) is 26.1. The molecule has 0 radical (unpaired) electrons. The van der Waals surface area contributed by atoms with E-state index in [0.29, 0.717) is 0 Å². The summed E-state index contributed by atoms with van der Waals surface area (Å²) in [5.41, 5.74) is 5.84. The molecule has 2 N–H and O–H groups in total. The molecule has 5 aromatic rings. The number of ether oxygens (including phenoxy) is 1. The van der Waals surface area contributed by atoms with E-state index in [4.69, 9.17) is 4.74 Å². The van der Waals surface area contributed by atoms with Gasteiger partial charge in [-0.25, -0.2) is 9.59 Å². The Kier molecular flexibility index (Phi) is 9.16. The van der Waals surface area contributed by atoms with Crippen LogP contribution in [-0.2, 0) is 19.9 Å². The van der Waals surface area contributed by atoms with Gasteiger partial charge < -0.3 is 15.2 Å². The average Bonchev–Trinajstić information content (AvgIpc) is 3.44. The Morgan fingerprint density at radius 1 is 0.702 bits per heavy atom. The number of nitrogens with zero attached hydrogens (tertiary/aromatic N) is 1. The van der Waals surface area contributed by atoms with Crippen molar-refractivity contribution in [3.63, 3.8) is 0 Å². The minimum Gasteiger partial charge on any atom is -0.480 e. The van der Waals surface area contributed by atoms with Crippen LogP contribution in [0.3, 0.4) is 0 Å². The summed E-state index contributed by atoms with van der Waals surface area (Å²) in [7, 11) is 0. The number of fused-ring (bicyclic) bond motifs is 3. The van der Waals surface area contributed by atoms with Crippen LogP contribution in [0.5, 0.6) is 0 Å². The largest absolute Gasteiger partial charge is 0.480 e. The first-order valence-corrected chi connectivity index (χ1v) is 15.7. The molecule has 7 heteroatoms. The fourth-order valence-corrected chi connectivity index (χ4v) is 6.53. The fourth-order valence-electron chi connectivity index (χ4n) is 6.53. The third-order valence-corrected chi connectivity index (χ3v) is 8.92. The number of aliphatic carboxylic acids is 1. The van der Waals surface area contributed by atoms with Crippen LogP contribution in [0.15, 0.2) is 140 Å². The summed E-state index contributed by atoms with van der Waals surface area (Å²) in [5, 5.41) is 13.2. The number of hydrogen-bond acceptors (Lipinski definition) is 4. The molecule has 0 fully saturated rings. The molecule has 236 valence electrons. The van der Waals surface area contributed by atoms with Crippen LogP contribution < -0.4 is 5.32 Å². The number of benzene rings is 5. The zero-order chi connectivity index (χ0) is 32.8. The maximum Gasteiger partial charge on any atom is 0.410 e. The number of hydrogen-bond donors (Lipinski definition) is 2. The quantitative estimate of drug-likeness (QED) is 0.152. The smallest absolute Gasteiger partial charge is 0.410 e. The molecule has 0 aliphatic heterocycles. The molecule has 0 aromatic heterocycles. The van der Waals surface area contributed by atoms with Crippen LogP contribution in [0.4, 0.5) is 4.79 Å². The van der Waals surface area contributed by atoms with Crippen molar-refractivity contribution in [2.45, 2.75) is 30.8 Å². The lowest BCUT2D eigenvalue weighted by atomic mass is 9.77. The fraction of sp³-hybridized carbons (Fsp3) is 0.175. The molecule has 0 heterocycles. The lowest BCUT2D eigenvalue weighted by Gasteiger charge is -2.37. The van der Waals surface area contributed by atoms with Crippen LogP contribution in [-0.4, -0.2) is 47.2 Å². The second-order valence-corrected chi connectivity index (χ2v) is 11.7. The second-order valence-electron chi connectivity index (χ2n) is 11.7. The highest BCUT2D eigenvalue weighted by atomic mass is 16.6. The van der Waals surface area contributed by atoms with E-state index in [1.54, 1.807) is 0 Å². The predicted molar refractivity (Wildman–Crippen MR) is 181 cm³/mol. The highest BCUT2D eigenvalue weighted by Gasteiger charge is 2.38. The van der Waals surface area contributed by atoms with E-state index < -0.39 is 23.6 Å². The van der Waals surface area contributed by atoms with Crippen LogP contribution in [0.1, 0.15) is 47.1 Å². The molecule has 1 aliphatic carbocycles. The molecule has 0 spiro atoms. The van der Waals surface area contributed by atoms with Crippen molar-refractivity contribution in [2.75, 3.05) is 13.2 Å². The van der Waals surface area contributed by atoms with Crippen molar-refractivity contribution in [1.82, 2.24) is 10.2 Å². The van der Waals surface area contributed by atoms with E-state index in [2.05, 4.69) is 5.32 Å². The first kappa shape index (κ1) is 31.3. The summed E-state index contributed by atoms with van der Waals surface area (Å²) in [6.07, 6.45) is -0.925. The first-order valence-electron chi connectivity index (χ1n) is 15.7. The summed E-state index contributed by atoms with van der Waals surface area (Å²) in [5.74, 6) is -1.72. The van der Waals surface area contributed by atoms with E-state index >= 15 is 0 Å². The molecular formula is C40H36N2O5. The molecule has 1 atom stereocenters. The molecule has 0 bridgehead atoms. The maximum absolute atomic E-state index is 13.9. The van der Waals surface area contributed by atoms with Crippen molar-refractivity contribution in [3.05, 3.63) is 167 Å². The molecule has 7 nitrogen and oxygen atoms in total. The molecule has 5 aromatic carbocycles. The number of nitrogens with one attached hydrogen (secondary N) is 1. The summed E-state index contributed by atoms with van der Waals surface area (Å²) < 4.78 is 5.81. The Labute approximate surface area is 274 Å². The van der Waals surface area contributed by atoms with Gasteiger partial charge in [0.05, 0.1) is 0 Å². The standard InChI is InChI=1S/C40H36N2O5/c1-28(38(44)45)42(39(46)47-27-36-34-23-13-11-21-32(34)33-22-12-14-24-35(33)36)26-25-37(43)41-40(29-15-5-2-6-16-29,30-17-7-3-8-18-30)31-19-9-4-10-20-31/h2-24,28,36H,25-27H2,1H3,(H,41,43)(H,44,45)/t28-/m0/s1. The number of carbonyl (C=O) groups excluding carboxylic acids is 2. The molecule has 0 saturated carbocycles. The van der Waals surface area contributed by atoms with E-state index in [9.17, 15) is 19.5 Å². The number of rotatable bonds is 11. The van der Waals surface area contributed by atoms with Gasteiger partial charge in [-0.05, 0) is 45.9 Å². The Morgan fingerprint density at radius 2 is 1.13 bits per heavy atom. The minimum absolute atomic E-state index is 0.0427. The van der Waals surface area contributed by atoms with E-state index in [0.717, 1.165) is 43.8 Å². The highest BCUT2D eigenvalue weighted by Crippen LogP contribution is 2.44. The number of carbonyl (C=O) groups is 3. The van der Waals surface area contributed by atoms with Crippen molar-refractivity contribution in [1.29, 1.82) is 0 Å². The maximum atomic E-state index is 13.9. The van der Waals surface area contributed by atoms with Gasteiger partial charge in [0.15, 0.2) is 0 Å². The Balaban J connectivity index is 1.23. The molecular weight excluding hydrogens is 588 g/mol. The van der Waals surface area contributed by atoms with E-state index in [1.165, 1.54) is 6.92 Å². The normalized spacial score (nSPS) is 12.8. The van der Waals surface area contributed by atoms with Gasteiger partial charge in [-0.15, -0.1) is 0 Å². The van der Waals surface area contributed by atoms with Crippen LogP contribution in [0.25, 0.3) is 11.1 Å². The van der Waals surface area contributed by atoms with Gasteiger partial charge in [-0.2, -0.15) is 0 Å². The van der Waals surface area contributed by atoms with Gasteiger partial charge in [0, 0.05) is 18.9 Å². The zero-order valence-electron chi connectivity index (χ0n) is 26.1. The Bertz CT molecular complexity index is 1720. The Hall–Kier alpha value is -5.69. The highest BCUT2D eigenvalue weighted by molar-refractivity contribution is 5.83. The number of carboxylic acids is 1. The summed E-state index contributed by atoms with van der Waals surface area (Å²) in [4.78, 5) is 40.7. The van der Waals surface area contributed by atoms with Gasteiger partial charge in [-0.1, -0.05) is 140 Å². The summed E-state index contributed by atoms with van der Waals surface area (Å²) in [6.45, 7) is 1.31. The molecule has 1 aliphatic rings. The molecule has 2 amide bonds. The van der Waals surface area contributed by atoms with Crippen molar-refractivity contribution in [2.24, 2.45) is 0 Å². The molecule has 6 rings (SSSR count).